The summed E-state index contributed by atoms with van der Waals surface area (Å²) in [5.74, 6) is -0.768. The topological polar surface area (TPSA) is 46.3 Å². The number of alkyl halides is 3. The Morgan fingerprint density at radius 1 is 1.35 bits per heavy atom. The number of halogens is 4. The Morgan fingerprint density at radius 2 is 1.94 bits per heavy atom. The third-order valence-electron chi connectivity index (χ3n) is 3.45. The van der Waals surface area contributed by atoms with Crippen LogP contribution in [0.2, 0.25) is 0 Å². The molecule has 1 atom stereocenters. The van der Waals surface area contributed by atoms with E-state index in [1.807, 2.05) is 0 Å². The number of carbonyl (C=O) groups is 1. The Morgan fingerprint density at radius 3 is 2.35 bits per heavy atom. The van der Waals surface area contributed by atoms with Crippen LogP contribution < -0.4 is 5.73 Å². The molecule has 0 aromatic carbocycles. The molecule has 17 heavy (non-hydrogen) atoms. The molecule has 0 aromatic heterocycles. The van der Waals surface area contributed by atoms with Crippen LogP contribution in [0.4, 0.5) is 13.2 Å². The lowest BCUT2D eigenvalue weighted by Crippen LogP contribution is -2.51. The number of rotatable bonds is 1. The van der Waals surface area contributed by atoms with E-state index in [0.29, 0.717) is 13.0 Å². The normalized spacial score (nSPS) is 27.3. The average molecular weight is 273 g/mol. The predicted octanol–water partition coefficient (Wildman–Crippen LogP) is 1.70. The van der Waals surface area contributed by atoms with Gasteiger partial charge in [-0.25, -0.2) is 0 Å². The molecular formula is C10H16ClF3N2O. The second-order valence-electron chi connectivity index (χ2n) is 4.73. The molecule has 1 saturated carbocycles. The average Bonchev–Trinajstić information content (AvgIpc) is 2.96. The van der Waals surface area contributed by atoms with E-state index >= 15 is 0 Å². The fourth-order valence-electron chi connectivity index (χ4n) is 2.24. The van der Waals surface area contributed by atoms with Gasteiger partial charge in [0.15, 0.2) is 0 Å². The number of nitrogens with two attached hydrogens (primary N) is 1. The van der Waals surface area contributed by atoms with E-state index in [0.717, 1.165) is 6.42 Å². The number of piperidine rings is 1. The maximum atomic E-state index is 12.7. The highest BCUT2D eigenvalue weighted by atomic mass is 35.5. The fourth-order valence-corrected chi connectivity index (χ4v) is 2.24. The summed E-state index contributed by atoms with van der Waals surface area (Å²) < 4.78 is 38.2. The number of hydrogen-bond donors (Lipinski definition) is 1. The molecule has 0 bridgehead atoms. The Hall–Kier alpha value is -0.490. The van der Waals surface area contributed by atoms with Gasteiger partial charge < -0.3 is 10.6 Å². The molecule has 1 saturated heterocycles. The van der Waals surface area contributed by atoms with Crippen molar-refractivity contribution in [2.24, 2.45) is 11.1 Å². The summed E-state index contributed by atoms with van der Waals surface area (Å²) in [4.78, 5) is 13.1. The summed E-state index contributed by atoms with van der Waals surface area (Å²) in [6.45, 7) is 0.668. The molecule has 1 heterocycles. The minimum atomic E-state index is -4.41. The molecule has 0 aromatic rings. The molecule has 3 nitrogen and oxygen atoms in total. The highest BCUT2D eigenvalue weighted by Crippen LogP contribution is 2.58. The molecule has 7 heteroatoms. The monoisotopic (exact) mass is 272 g/mol. The van der Waals surface area contributed by atoms with Gasteiger partial charge in [0.1, 0.15) is 5.41 Å². The zero-order valence-electron chi connectivity index (χ0n) is 9.29. The lowest BCUT2D eigenvalue weighted by Gasteiger charge is -2.34. The van der Waals surface area contributed by atoms with Crippen molar-refractivity contribution in [3.63, 3.8) is 0 Å². The van der Waals surface area contributed by atoms with E-state index in [2.05, 4.69) is 0 Å². The van der Waals surface area contributed by atoms with Crippen molar-refractivity contribution in [1.82, 2.24) is 4.90 Å². The molecule has 2 aliphatic rings. The van der Waals surface area contributed by atoms with Crippen LogP contribution in [0.5, 0.6) is 0 Å². The maximum absolute atomic E-state index is 12.7. The van der Waals surface area contributed by atoms with Gasteiger partial charge in [-0.3, -0.25) is 4.79 Å². The molecule has 0 spiro atoms. The van der Waals surface area contributed by atoms with Crippen LogP contribution in [0.15, 0.2) is 0 Å². The Kier molecular flexibility index (Phi) is 3.98. The van der Waals surface area contributed by atoms with Gasteiger partial charge in [0.2, 0.25) is 5.91 Å². The summed E-state index contributed by atoms with van der Waals surface area (Å²) >= 11 is 0. The van der Waals surface area contributed by atoms with Crippen molar-refractivity contribution >= 4 is 18.3 Å². The number of carbonyl (C=O) groups excluding carboxylic acids is 1. The first kappa shape index (κ1) is 14.6. The summed E-state index contributed by atoms with van der Waals surface area (Å²) in [7, 11) is 0. The molecule has 2 rings (SSSR count). The Balaban J connectivity index is 0.00000144. The van der Waals surface area contributed by atoms with E-state index in [1.54, 1.807) is 0 Å². The zero-order chi connectivity index (χ0) is 12.0. The number of likely N-dealkylation sites (tertiary alicyclic amines) is 1. The molecule has 1 amide bonds. The highest BCUT2D eigenvalue weighted by Gasteiger charge is 2.69. The van der Waals surface area contributed by atoms with Crippen LogP contribution >= 0.6 is 12.4 Å². The van der Waals surface area contributed by atoms with Gasteiger partial charge in [-0.2, -0.15) is 13.2 Å². The van der Waals surface area contributed by atoms with Crippen LogP contribution in [-0.4, -0.2) is 36.1 Å². The largest absolute Gasteiger partial charge is 0.403 e. The third kappa shape index (κ3) is 2.52. The van der Waals surface area contributed by atoms with Crippen LogP contribution in [-0.2, 0) is 4.79 Å². The van der Waals surface area contributed by atoms with E-state index in [9.17, 15) is 18.0 Å². The standard InChI is InChI=1S/C10H15F3N2O.ClH/c11-10(12,13)9(3-4-9)8(16)15-5-1-2-7(14)6-15;/h7H,1-6,14H2;1H/t7-;/m1./s1. The SMILES string of the molecule is Cl.N[C@@H]1CCCN(C(=O)C2(C(F)(F)F)CC2)C1. The van der Waals surface area contributed by atoms with Crippen molar-refractivity contribution in [2.45, 2.75) is 37.9 Å². The summed E-state index contributed by atoms with van der Waals surface area (Å²) in [6, 6.07) is -0.179. The summed E-state index contributed by atoms with van der Waals surface area (Å²) in [6.07, 6.45) is -3.07. The van der Waals surface area contributed by atoms with Crippen molar-refractivity contribution < 1.29 is 18.0 Å². The second-order valence-corrected chi connectivity index (χ2v) is 4.73. The Bertz CT molecular complexity index is 304. The highest BCUT2D eigenvalue weighted by molar-refractivity contribution is 5.86. The Labute approximate surface area is 104 Å². The molecule has 2 N–H and O–H groups in total. The maximum Gasteiger partial charge on any atom is 0.403 e. The van der Waals surface area contributed by atoms with Crippen LogP contribution in [0, 0.1) is 5.41 Å². The lowest BCUT2D eigenvalue weighted by molar-refractivity contribution is -0.199. The van der Waals surface area contributed by atoms with E-state index < -0.39 is 17.5 Å². The summed E-state index contributed by atoms with van der Waals surface area (Å²) in [5, 5.41) is 0. The van der Waals surface area contributed by atoms with E-state index in [-0.39, 0.29) is 37.8 Å². The van der Waals surface area contributed by atoms with Crippen molar-refractivity contribution in [3.05, 3.63) is 0 Å². The van der Waals surface area contributed by atoms with Gasteiger partial charge in [-0.05, 0) is 25.7 Å². The van der Waals surface area contributed by atoms with E-state index in [1.165, 1.54) is 4.90 Å². The van der Waals surface area contributed by atoms with Gasteiger partial charge in [-0.1, -0.05) is 0 Å². The third-order valence-corrected chi connectivity index (χ3v) is 3.45. The van der Waals surface area contributed by atoms with Gasteiger partial charge >= 0.3 is 6.18 Å². The van der Waals surface area contributed by atoms with Gasteiger partial charge in [0, 0.05) is 19.1 Å². The predicted molar refractivity (Wildman–Crippen MR) is 58.8 cm³/mol. The van der Waals surface area contributed by atoms with Gasteiger partial charge in [-0.15, -0.1) is 12.4 Å². The molecule has 1 aliphatic heterocycles. The van der Waals surface area contributed by atoms with E-state index in [4.69, 9.17) is 5.73 Å². The quantitative estimate of drug-likeness (QED) is 0.790. The zero-order valence-corrected chi connectivity index (χ0v) is 10.1. The molecule has 0 unspecified atom stereocenters. The van der Waals surface area contributed by atoms with Gasteiger partial charge in [0.25, 0.3) is 0 Å². The second kappa shape index (κ2) is 4.65. The van der Waals surface area contributed by atoms with Crippen molar-refractivity contribution in [1.29, 1.82) is 0 Å². The molecular weight excluding hydrogens is 257 g/mol. The first-order chi connectivity index (χ1) is 7.37. The van der Waals surface area contributed by atoms with Gasteiger partial charge in [0.05, 0.1) is 0 Å². The molecule has 2 fully saturated rings. The lowest BCUT2D eigenvalue weighted by atomic mass is 10.0. The summed E-state index contributed by atoms with van der Waals surface area (Å²) in [5.41, 5.74) is 3.58. The first-order valence-electron chi connectivity index (χ1n) is 5.48. The fraction of sp³-hybridized carbons (Fsp3) is 0.900. The number of hydrogen-bond acceptors (Lipinski definition) is 2. The molecule has 100 valence electrons. The first-order valence-corrected chi connectivity index (χ1v) is 5.48. The van der Waals surface area contributed by atoms with Crippen molar-refractivity contribution in [2.75, 3.05) is 13.1 Å². The number of nitrogens with zero attached hydrogens (tertiary/aromatic N) is 1. The minimum absolute atomic E-state index is 0. The minimum Gasteiger partial charge on any atom is -0.340 e. The van der Waals surface area contributed by atoms with Crippen LogP contribution in [0.25, 0.3) is 0 Å². The van der Waals surface area contributed by atoms with Crippen LogP contribution in [0.3, 0.4) is 0 Å². The smallest absolute Gasteiger partial charge is 0.340 e. The number of amides is 1. The molecule has 0 radical (unpaired) electrons. The van der Waals surface area contributed by atoms with Crippen LogP contribution in [0.1, 0.15) is 25.7 Å². The molecule has 1 aliphatic carbocycles. The van der Waals surface area contributed by atoms with Crippen molar-refractivity contribution in [3.8, 4) is 0 Å².